The van der Waals surface area contributed by atoms with Crippen LogP contribution in [0.4, 0.5) is 0 Å². The number of aromatic amines is 1. The van der Waals surface area contributed by atoms with E-state index in [2.05, 4.69) is 35.3 Å². The number of thioether (sulfide) groups is 1. The van der Waals surface area contributed by atoms with Gasteiger partial charge in [0.1, 0.15) is 5.75 Å². The number of amides is 1. The largest absolute Gasteiger partial charge is 0.494 e. The number of carbonyl (C=O) groups is 1. The molecule has 0 bridgehead atoms. The van der Waals surface area contributed by atoms with Gasteiger partial charge in [0.25, 0.3) is 0 Å². The number of benzene rings is 2. The molecule has 1 aliphatic rings. The van der Waals surface area contributed by atoms with Crippen LogP contribution in [0.1, 0.15) is 29.8 Å². The Balaban J connectivity index is 1.81. The van der Waals surface area contributed by atoms with Crippen LogP contribution in [0.5, 0.6) is 5.75 Å². The van der Waals surface area contributed by atoms with Gasteiger partial charge < -0.3 is 14.6 Å². The summed E-state index contributed by atoms with van der Waals surface area (Å²) in [7, 11) is 0. The summed E-state index contributed by atoms with van der Waals surface area (Å²) in [6, 6.07) is 16.5. The molecule has 0 radical (unpaired) electrons. The van der Waals surface area contributed by atoms with Gasteiger partial charge in [-0.3, -0.25) is 4.79 Å². The normalized spacial score (nSPS) is 16.4. The van der Waals surface area contributed by atoms with Crippen LogP contribution in [-0.4, -0.2) is 41.0 Å². The quantitative estimate of drug-likeness (QED) is 0.713. The van der Waals surface area contributed by atoms with E-state index in [0.29, 0.717) is 12.4 Å². The van der Waals surface area contributed by atoms with Crippen LogP contribution >= 0.6 is 11.8 Å². The van der Waals surface area contributed by atoms with Crippen molar-refractivity contribution in [3.8, 4) is 5.75 Å². The Hall–Kier alpha value is -2.40. The lowest BCUT2D eigenvalue weighted by molar-refractivity contribution is -0.130. The Kier molecular flexibility index (Phi) is 5.12. The van der Waals surface area contributed by atoms with Crippen LogP contribution in [0.25, 0.3) is 10.9 Å². The molecule has 4 rings (SSSR count). The van der Waals surface area contributed by atoms with Gasteiger partial charge in [0, 0.05) is 23.1 Å². The van der Waals surface area contributed by atoms with Crippen molar-refractivity contribution in [1.82, 2.24) is 9.88 Å². The lowest BCUT2D eigenvalue weighted by Gasteiger charge is -2.36. The predicted octanol–water partition coefficient (Wildman–Crippen LogP) is 4.40. The molecular weight excluding hydrogens is 356 g/mol. The molecule has 0 saturated carbocycles. The average Bonchev–Trinajstić information content (AvgIpc) is 3.07. The fraction of sp³-hybridized carbons (Fsp3) is 0.318. The maximum Gasteiger partial charge on any atom is 0.233 e. The third-order valence-corrected chi connectivity index (χ3v) is 5.67. The number of nitrogens with zero attached hydrogens (tertiary/aromatic N) is 1. The molecule has 0 fully saturated rings. The molecule has 1 amide bonds. The van der Waals surface area contributed by atoms with E-state index in [4.69, 9.17) is 4.74 Å². The fourth-order valence-corrected chi connectivity index (χ4v) is 4.39. The predicted molar refractivity (Wildman–Crippen MR) is 112 cm³/mol. The molecule has 4 nitrogen and oxygen atoms in total. The van der Waals surface area contributed by atoms with E-state index in [9.17, 15) is 4.79 Å². The minimum Gasteiger partial charge on any atom is -0.494 e. The molecule has 3 aromatic rings. The Morgan fingerprint density at radius 3 is 2.74 bits per heavy atom. The molecule has 1 aliphatic heterocycles. The highest BCUT2D eigenvalue weighted by molar-refractivity contribution is 7.99. The first-order chi connectivity index (χ1) is 13.2. The van der Waals surface area contributed by atoms with E-state index >= 15 is 0 Å². The minimum absolute atomic E-state index is 0.0866. The Labute approximate surface area is 163 Å². The van der Waals surface area contributed by atoms with Gasteiger partial charge in [-0.2, -0.15) is 11.8 Å². The summed E-state index contributed by atoms with van der Waals surface area (Å²) < 4.78 is 5.59. The van der Waals surface area contributed by atoms with Gasteiger partial charge >= 0.3 is 0 Å². The van der Waals surface area contributed by atoms with Crippen molar-refractivity contribution in [1.29, 1.82) is 0 Å². The van der Waals surface area contributed by atoms with Crippen molar-refractivity contribution in [2.24, 2.45) is 0 Å². The minimum atomic E-state index is -0.0866. The molecule has 0 unspecified atom stereocenters. The Morgan fingerprint density at radius 2 is 2.00 bits per heavy atom. The van der Waals surface area contributed by atoms with E-state index < -0.39 is 0 Å². The second-order valence-corrected chi connectivity index (χ2v) is 7.60. The van der Waals surface area contributed by atoms with E-state index in [1.807, 2.05) is 36.3 Å². The third kappa shape index (κ3) is 3.32. The molecule has 140 valence electrons. The fourth-order valence-electron chi connectivity index (χ4n) is 3.98. The first kappa shape index (κ1) is 18.0. The highest BCUT2D eigenvalue weighted by atomic mass is 32.2. The van der Waals surface area contributed by atoms with Gasteiger partial charge in [0.2, 0.25) is 5.91 Å². The van der Waals surface area contributed by atoms with Crippen molar-refractivity contribution in [3.05, 3.63) is 65.4 Å². The lowest BCUT2D eigenvalue weighted by Crippen LogP contribution is -2.41. The molecule has 27 heavy (non-hydrogen) atoms. The summed E-state index contributed by atoms with van der Waals surface area (Å²) in [5.41, 5.74) is 4.72. The van der Waals surface area contributed by atoms with Crippen molar-refractivity contribution in [2.45, 2.75) is 19.4 Å². The summed E-state index contributed by atoms with van der Waals surface area (Å²) in [4.78, 5) is 18.5. The molecule has 1 aromatic heterocycles. The third-order valence-electron chi connectivity index (χ3n) is 5.13. The number of H-pyrrole nitrogens is 1. The smallest absolute Gasteiger partial charge is 0.233 e. The van der Waals surface area contributed by atoms with Gasteiger partial charge in [-0.1, -0.05) is 30.3 Å². The molecule has 1 N–H and O–H groups in total. The molecule has 0 saturated heterocycles. The molecule has 0 spiro atoms. The topological polar surface area (TPSA) is 45.3 Å². The van der Waals surface area contributed by atoms with Crippen LogP contribution in [0.3, 0.4) is 0 Å². The van der Waals surface area contributed by atoms with Crippen LogP contribution in [0, 0.1) is 0 Å². The molecule has 2 aromatic carbocycles. The number of nitrogens with one attached hydrogen (secondary N) is 1. The number of para-hydroxylation sites is 1. The van der Waals surface area contributed by atoms with Gasteiger partial charge in [-0.05, 0) is 48.9 Å². The van der Waals surface area contributed by atoms with Crippen molar-refractivity contribution < 1.29 is 9.53 Å². The summed E-state index contributed by atoms with van der Waals surface area (Å²) >= 11 is 1.57. The highest BCUT2D eigenvalue weighted by Crippen LogP contribution is 2.39. The number of ether oxygens (including phenoxy) is 1. The van der Waals surface area contributed by atoms with Crippen molar-refractivity contribution >= 4 is 28.6 Å². The van der Waals surface area contributed by atoms with E-state index in [1.54, 1.807) is 11.8 Å². The number of carbonyl (C=O) groups excluding carboxylic acids is 1. The SMILES string of the molecule is CCOc1ccc([C@@H]2c3[nH]c4ccccc4c3CCN2C(=O)CSC)cc1. The second-order valence-electron chi connectivity index (χ2n) is 6.74. The Morgan fingerprint density at radius 1 is 1.22 bits per heavy atom. The van der Waals surface area contributed by atoms with E-state index in [1.165, 1.54) is 10.9 Å². The van der Waals surface area contributed by atoms with Crippen LogP contribution in [0.15, 0.2) is 48.5 Å². The number of rotatable bonds is 5. The van der Waals surface area contributed by atoms with Crippen molar-refractivity contribution in [2.75, 3.05) is 25.2 Å². The van der Waals surface area contributed by atoms with Gasteiger partial charge in [-0.25, -0.2) is 0 Å². The summed E-state index contributed by atoms with van der Waals surface area (Å²) in [6.45, 7) is 3.37. The lowest BCUT2D eigenvalue weighted by atomic mass is 9.92. The zero-order chi connectivity index (χ0) is 18.8. The molecule has 0 aliphatic carbocycles. The van der Waals surface area contributed by atoms with Crippen LogP contribution < -0.4 is 4.74 Å². The summed E-state index contributed by atoms with van der Waals surface area (Å²) in [6.07, 6.45) is 2.86. The van der Waals surface area contributed by atoms with E-state index in [-0.39, 0.29) is 11.9 Å². The average molecular weight is 381 g/mol. The monoisotopic (exact) mass is 380 g/mol. The van der Waals surface area contributed by atoms with Crippen LogP contribution in [0.2, 0.25) is 0 Å². The first-order valence-corrected chi connectivity index (χ1v) is 10.7. The molecular formula is C22H24N2O2S. The summed E-state index contributed by atoms with van der Waals surface area (Å²) in [5, 5.41) is 1.26. The van der Waals surface area contributed by atoms with Crippen molar-refractivity contribution in [3.63, 3.8) is 0 Å². The number of aromatic nitrogens is 1. The summed E-state index contributed by atoms with van der Waals surface area (Å²) in [5.74, 6) is 1.55. The number of hydrogen-bond donors (Lipinski definition) is 1. The second kappa shape index (κ2) is 7.69. The maximum absolute atomic E-state index is 12.8. The standard InChI is InChI=1S/C22H24N2O2S/c1-3-26-16-10-8-15(9-11-16)22-21-18(12-13-24(22)20(25)14-27-2)17-6-4-5-7-19(17)23-21/h4-11,22-23H,3,12-14H2,1-2H3/t22-/m1/s1. The van der Waals surface area contributed by atoms with Crippen LogP contribution in [-0.2, 0) is 11.2 Å². The Bertz CT molecular complexity index is 949. The zero-order valence-corrected chi connectivity index (χ0v) is 16.5. The maximum atomic E-state index is 12.8. The molecule has 1 atom stereocenters. The van der Waals surface area contributed by atoms with E-state index in [0.717, 1.165) is 35.5 Å². The number of fused-ring (bicyclic) bond motifs is 3. The van der Waals surface area contributed by atoms with Gasteiger partial charge in [-0.15, -0.1) is 0 Å². The highest BCUT2D eigenvalue weighted by Gasteiger charge is 2.34. The number of hydrogen-bond acceptors (Lipinski definition) is 3. The zero-order valence-electron chi connectivity index (χ0n) is 15.7. The van der Waals surface area contributed by atoms with Gasteiger partial charge in [0.05, 0.1) is 18.4 Å². The molecule has 5 heteroatoms. The van der Waals surface area contributed by atoms with Gasteiger partial charge in [0.15, 0.2) is 0 Å². The first-order valence-electron chi connectivity index (χ1n) is 9.33. The molecule has 2 heterocycles.